The lowest BCUT2D eigenvalue weighted by Crippen LogP contribution is -2.14. The van der Waals surface area contributed by atoms with Crippen molar-refractivity contribution in [1.82, 2.24) is 9.97 Å². The molecular weight excluding hydrogens is 459 g/mol. The van der Waals surface area contributed by atoms with Crippen LogP contribution in [0.1, 0.15) is 89.7 Å². The molecule has 3 aromatic rings. The third kappa shape index (κ3) is 10.4. The summed E-state index contributed by atoms with van der Waals surface area (Å²) in [5, 5.41) is 0. The summed E-state index contributed by atoms with van der Waals surface area (Å²) in [7, 11) is 0. The molecule has 0 aliphatic heterocycles. The van der Waals surface area contributed by atoms with Gasteiger partial charge in [0.1, 0.15) is 0 Å². The lowest BCUT2D eigenvalue weighted by molar-refractivity contribution is -0.0566. The van der Waals surface area contributed by atoms with Crippen LogP contribution < -0.4 is 0 Å². The maximum atomic E-state index is 13.7. The second-order valence-electron chi connectivity index (χ2n) is 10.4. The number of unbranched alkanes of at least 4 members (excludes halogenated alkanes) is 6. The number of rotatable bonds is 17. The molecule has 4 heteroatoms. The van der Waals surface area contributed by atoms with Crippen molar-refractivity contribution >= 4 is 0 Å². The third-order valence-corrected chi connectivity index (χ3v) is 6.89. The van der Waals surface area contributed by atoms with Crippen molar-refractivity contribution in [2.24, 2.45) is 5.92 Å². The molecule has 2 aromatic carbocycles. The van der Waals surface area contributed by atoms with Crippen LogP contribution in [-0.4, -0.2) is 22.9 Å². The molecule has 0 bridgehead atoms. The summed E-state index contributed by atoms with van der Waals surface area (Å²) >= 11 is 0. The van der Waals surface area contributed by atoms with E-state index in [-0.39, 0.29) is 5.92 Å². The minimum absolute atomic E-state index is 0.280. The van der Waals surface area contributed by atoms with E-state index < -0.39 is 6.36 Å². The van der Waals surface area contributed by atoms with Crippen LogP contribution in [0.25, 0.3) is 22.5 Å². The van der Waals surface area contributed by atoms with Crippen molar-refractivity contribution in [3.05, 3.63) is 72.1 Å². The molecule has 3 rings (SSSR count). The predicted molar refractivity (Wildman–Crippen MR) is 153 cm³/mol. The molecule has 0 saturated heterocycles. The average molecular weight is 505 g/mol. The monoisotopic (exact) mass is 504 g/mol. The van der Waals surface area contributed by atoms with Gasteiger partial charge >= 0.3 is 0 Å². The van der Waals surface area contributed by atoms with Crippen molar-refractivity contribution in [2.75, 3.05) is 6.61 Å². The Morgan fingerprint density at radius 2 is 1.27 bits per heavy atom. The average Bonchev–Trinajstić information content (AvgIpc) is 2.93. The highest BCUT2D eigenvalue weighted by Crippen LogP contribution is 2.24. The summed E-state index contributed by atoms with van der Waals surface area (Å²) in [5.74, 6) is 1.05. The molecule has 0 N–H and O–H groups in total. The van der Waals surface area contributed by atoms with E-state index in [0.29, 0.717) is 13.0 Å². The molecular formula is C33H45FN2O. The van der Waals surface area contributed by atoms with Crippen molar-refractivity contribution in [1.29, 1.82) is 0 Å². The van der Waals surface area contributed by atoms with Crippen LogP contribution in [-0.2, 0) is 17.6 Å². The zero-order chi connectivity index (χ0) is 26.3. The molecule has 1 heterocycles. The van der Waals surface area contributed by atoms with Gasteiger partial charge in [-0.15, -0.1) is 0 Å². The van der Waals surface area contributed by atoms with Crippen LogP contribution >= 0.6 is 0 Å². The number of nitrogens with zero attached hydrogens (tertiary/aromatic N) is 2. The molecule has 0 amide bonds. The number of halogens is 1. The fraction of sp³-hybridized carbons (Fsp3) is 0.515. The Kier molecular flexibility index (Phi) is 12.8. The first-order chi connectivity index (χ1) is 18.1. The van der Waals surface area contributed by atoms with E-state index in [1.807, 2.05) is 12.4 Å². The van der Waals surface area contributed by atoms with Gasteiger partial charge in [0.05, 0.1) is 6.61 Å². The van der Waals surface area contributed by atoms with Crippen molar-refractivity contribution in [2.45, 2.75) is 97.8 Å². The second kappa shape index (κ2) is 16.3. The molecule has 2 unspecified atom stereocenters. The number of aromatic nitrogens is 2. The number of ether oxygens (including phenoxy) is 1. The SMILES string of the molecule is CCCCCCCCc1cnc(-c2ccc(-c3ccc(CC(C)COC(F)CCCC)cc3)cc2)nc1. The maximum Gasteiger partial charge on any atom is 0.198 e. The Hall–Kier alpha value is -2.59. The van der Waals surface area contributed by atoms with Crippen molar-refractivity contribution < 1.29 is 9.13 Å². The largest absolute Gasteiger partial charge is 0.348 e. The van der Waals surface area contributed by atoms with E-state index >= 15 is 0 Å². The summed E-state index contributed by atoms with van der Waals surface area (Å²) in [5.41, 5.74) is 5.85. The minimum Gasteiger partial charge on any atom is -0.348 e. The van der Waals surface area contributed by atoms with Gasteiger partial charge in [0.15, 0.2) is 12.2 Å². The Labute approximate surface area is 223 Å². The first kappa shape index (κ1) is 29.0. The van der Waals surface area contributed by atoms with Crippen LogP contribution in [0.2, 0.25) is 0 Å². The number of hydrogen-bond donors (Lipinski definition) is 0. The zero-order valence-corrected chi connectivity index (χ0v) is 23.1. The zero-order valence-electron chi connectivity index (χ0n) is 23.1. The number of hydrogen-bond acceptors (Lipinski definition) is 3. The first-order valence-electron chi connectivity index (χ1n) is 14.3. The smallest absolute Gasteiger partial charge is 0.198 e. The van der Waals surface area contributed by atoms with Gasteiger partial charge < -0.3 is 4.74 Å². The van der Waals surface area contributed by atoms with Crippen LogP contribution in [0.15, 0.2) is 60.9 Å². The standard InChI is InChI=1S/C33H45FN2O/c1-4-6-8-9-10-11-12-28-23-35-33(36-24-28)31-20-18-30(19-21-31)29-16-14-27(15-17-29)22-26(3)25-37-32(34)13-7-5-2/h14-21,23-24,26,32H,4-13,22,25H2,1-3H3. The Balaban J connectivity index is 1.47. The van der Waals surface area contributed by atoms with Gasteiger partial charge in [-0.05, 0) is 53.9 Å². The molecule has 0 radical (unpaired) electrons. The fourth-order valence-electron chi connectivity index (χ4n) is 4.57. The van der Waals surface area contributed by atoms with Crippen molar-refractivity contribution in [3.8, 4) is 22.5 Å². The summed E-state index contributed by atoms with van der Waals surface area (Å²) in [6, 6.07) is 17.1. The predicted octanol–water partition coefficient (Wildman–Crippen LogP) is 9.39. The summed E-state index contributed by atoms with van der Waals surface area (Å²) in [4.78, 5) is 9.23. The lowest BCUT2D eigenvalue weighted by atomic mass is 9.98. The number of alkyl halides is 1. The van der Waals surface area contributed by atoms with E-state index in [9.17, 15) is 4.39 Å². The first-order valence-corrected chi connectivity index (χ1v) is 14.3. The highest BCUT2D eigenvalue weighted by atomic mass is 19.1. The van der Waals surface area contributed by atoms with Gasteiger partial charge in [0.25, 0.3) is 0 Å². The number of benzene rings is 2. The number of aryl methyl sites for hydroxylation is 1. The molecule has 0 aliphatic rings. The molecule has 0 aliphatic carbocycles. The van der Waals surface area contributed by atoms with E-state index in [2.05, 4.69) is 79.3 Å². The van der Waals surface area contributed by atoms with Crippen LogP contribution in [0.5, 0.6) is 0 Å². The van der Waals surface area contributed by atoms with Gasteiger partial charge in [0.2, 0.25) is 0 Å². The summed E-state index contributed by atoms with van der Waals surface area (Å²) in [6.07, 6.45) is 14.9. The quantitative estimate of drug-likeness (QED) is 0.172. The van der Waals surface area contributed by atoms with Crippen LogP contribution in [0.3, 0.4) is 0 Å². The summed E-state index contributed by atoms with van der Waals surface area (Å²) < 4.78 is 19.1. The minimum atomic E-state index is -1.14. The maximum absolute atomic E-state index is 13.7. The highest BCUT2D eigenvalue weighted by Gasteiger charge is 2.10. The van der Waals surface area contributed by atoms with E-state index in [4.69, 9.17) is 4.74 Å². The lowest BCUT2D eigenvalue weighted by Gasteiger charge is -2.15. The van der Waals surface area contributed by atoms with Gasteiger partial charge in [-0.1, -0.05) is 108 Å². The summed E-state index contributed by atoms with van der Waals surface area (Å²) in [6.45, 7) is 6.89. The molecule has 3 nitrogen and oxygen atoms in total. The molecule has 37 heavy (non-hydrogen) atoms. The Morgan fingerprint density at radius 1 is 0.703 bits per heavy atom. The second-order valence-corrected chi connectivity index (χ2v) is 10.4. The third-order valence-electron chi connectivity index (χ3n) is 6.89. The molecule has 200 valence electrons. The highest BCUT2D eigenvalue weighted by molar-refractivity contribution is 5.67. The normalized spacial score (nSPS) is 13.0. The van der Waals surface area contributed by atoms with Gasteiger partial charge in [-0.3, -0.25) is 0 Å². The molecule has 0 fully saturated rings. The molecule has 0 spiro atoms. The topological polar surface area (TPSA) is 35.0 Å². The van der Waals surface area contributed by atoms with E-state index in [1.54, 1.807) is 0 Å². The van der Waals surface area contributed by atoms with E-state index in [1.165, 1.54) is 60.8 Å². The van der Waals surface area contributed by atoms with Crippen LogP contribution in [0.4, 0.5) is 4.39 Å². The van der Waals surface area contributed by atoms with Gasteiger partial charge in [-0.2, -0.15) is 0 Å². The van der Waals surface area contributed by atoms with E-state index in [0.717, 1.165) is 37.1 Å². The van der Waals surface area contributed by atoms with Gasteiger partial charge in [0, 0.05) is 24.4 Å². The van der Waals surface area contributed by atoms with Crippen molar-refractivity contribution in [3.63, 3.8) is 0 Å². The molecule has 0 saturated carbocycles. The Morgan fingerprint density at radius 3 is 1.92 bits per heavy atom. The molecule has 1 aromatic heterocycles. The fourth-order valence-corrected chi connectivity index (χ4v) is 4.57. The molecule has 2 atom stereocenters. The van der Waals surface area contributed by atoms with Crippen LogP contribution in [0, 0.1) is 5.92 Å². The van der Waals surface area contributed by atoms with Gasteiger partial charge in [-0.25, -0.2) is 14.4 Å². The Bertz CT molecular complexity index is 1000.